The van der Waals surface area contributed by atoms with E-state index in [0.29, 0.717) is 19.7 Å². The first-order chi connectivity index (χ1) is 7.24. The van der Waals surface area contributed by atoms with Crippen LogP contribution >= 0.6 is 0 Å². The Bertz CT molecular complexity index is 239. The van der Waals surface area contributed by atoms with Crippen LogP contribution in [0.2, 0.25) is 0 Å². The summed E-state index contributed by atoms with van der Waals surface area (Å²) in [5.74, 6) is 2.56. The zero-order valence-electron chi connectivity index (χ0n) is 8.82. The first kappa shape index (κ1) is 11.9. The molecule has 1 saturated heterocycles. The van der Waals surface area contributed by atoms with Gasteiger partial charge in [-0.3, -0.25) is 0 Å². The monoisotopic (exact) mass is 211 g/mol. The standard InChI is InChI=1S/C11H17NO3/c1-2-3-4-9-15-10-5-7-12(8-6-10)11(13)14/h1,10H,3-9H2,(H,13,14). The highest BCUT2D eigenvalue weighted by atomic mass is 16.5. The van der Waals surface area contributed by atoms with Gasteiger partial charge in [-0.05, 0) is 19.3 Å². The average molecular weight is 211 g/mol. The van der Waals surface area contributed by atoms with Crippen molar-refractivity contribution in [2.24, 2.45) is 0 Å². The predicted octanol–water partition coefficient (Wildman–Crippen LogP) is 1.56. The van der Waals surface area contributed by atoms with Crippen LogP contribution in [-0.2, 0) is 4.74 Å². The number of terminal acetylenes is 1. The summed E-state index contributed by atoms with van der Waals surface area (Å²) in [5, 5.41) is 8.73. The molecule has 1 fully saturated rings. The first-order valence-corrected chi connectivity index (χ1v) is 5.27. The number of likely N-dealkylation sites (tertiary alicyclic amines) is 1. The van der Waals surface area contributed by atoms with E-state index in [9.17, 15) is 4.79 Å². The van der Waals surface area contributed by atoms with Crippen LogP contribution in [0, 0.1) is 12.3 Å². The molecule has 0 bridgehead atoms. The van der Waals surface area contributed by atoms with E-state index in [4.69, 9.17) is 16.3 Å². The van der Waals surface area contributed by atoms with E-state index in [1.165, 1.54) is 4.90 Å². The summed E-state index contributed by atoms with van der Waals surface area (Å²) in [6.07, 6.45) is 7.71. The van der Waals surface area contributed by atoms with Crippen LogP contribution in [0.4, 0.5) is 4.79 Å². The second-order valence-electron chi connectivity index (χ2n) is 3.65. The fourth-order valence-corrected chi connectivity index (χ4v) is 1.64. The number of piperidine rings is 1. The molecule has 4 heteroatoms. The van der Waals surface area contributed by atoms with E-state index < -0.39 is 6.09 Å². The van der Waals surface area contributed by atoms with Crippen LogP contribution in [-0.4, -0.2) is 41.9 Å². The summed E-state index contributed by atoms with van der Waals surface area (Å²) in [6.45, 7) is 1.84. The molecule has 0 saturated carbocycles. The van der Waals surface area contributed by atoms with Crippen molar-refractivity contribution in [2.75, 3.05) is 19.7 Å². The van der Waals surface area contributed by atoms with Gasteiger partial charge in [0, 0.05) is 26.1 Å². The van der Waals surface area contributed by atoms with Crippen LogP contribution in [0.3, 0.4) is 0 Å². The lowest BCUT2D eigenvalue weighted by molar-refractivity contribution is 0.00959. The van der Waals surface area contributed by atoms with Gasteiger partial charge in [-0.1, -0.05) is 0 Å². The predicted molar refractivity (Wildman–Crippen MR) is 56.6 cm³/mol. The van der Waals surface area contributed by atoms with Crippen LogP contribution in [0.1, 0.15) is 25.7 Å². The summed E-state index contributed by atoms with van der Waals surface area (Å²) in [7, 11) is 0. The van der Waals surface area contributed by atoms with E-state index in [1.807, 2.05) is 0 Å². The molecule has 1 amide bonds. The fourth-order valence-electron chi connectivity index (χ4n) is 1.64. The molecular formula is C11H17NO3. The number of rotatable bonds is 4. The summed E-state index contributed by atoms with van der Waals surface area (Å²) in [6, 6.07) is 0. The number of carbonyl (C=O) groups is 1. The number of nitrogens with zero attached hydrogens (tertiary/aromatic N) is 1. The molecule has 0 aromatic heterocycles. The van der Waals surface area contributed by atoms with Crippen LogP contribution in [0.15, 0.2) is 0 Å². The summed E-state index contributed by atoms with van der Waals surface area (Å²) >= 11 is 0. The van der Waals surface area contributed by atoms with Crippen molar-refractivity contribution in [1.82, 2.24) is 4.90 Å². The largest absolute Gasteiger partial charge is 0.465 e. The molecule has 1 aliphatic heterocycles. The lowest BCUT2D eigenvalue weighted by atomic mass is 10.1. The molecule has 0 radical (unpaired) electrons. The van der Waals surface area contributed by atoms with Crippen molar-refractivity contribution in [2.45, 2.75) is 31.8 Å². The van der Waals surface area contributed by atoms with Gasteiger partial charge in [0.05, 0.1) is 6.10 Å². The SMILES string of the molecule is C#CCCCOC1CCN(C(=O)O)CC1. The normalized spacial score (nSPS) is 17.4. The number of hydrogen-bond acceptors (Lipinski definition) is 2. The highest BCUT2D eigenvalue weighted by Crippen LogP contribution is 2.13. The maximum Gasteiger partial charge on any atom is 0.407 e. The van der Waals surface area contributed by atoms with Crippen molar-refractivity contribution < 1.29 is 14.6 Å². The molecule has 1 aliphatic rings. The van der Waals surface area contributed by atoms with Gasteiger partial charge in [0.1, 0.15) is 0 Å². The molecule has 0 aromatic carbocycles. The molecule has 15 heavy (non-hydrogen) atoms. The number of carboxylic acid groups (broad SMARTS) is 1. The number of amides is 1. The molecule has 0 spiro atoms. The third-order valence-electron chi connectivity index (χ3n) is 2.53. The maximum atomic E-state index is 10.6. The Hall–Kier alpha value is -1.21. The van der Waals surface area contributed by atoms with Crippen LogP contribution in [0.25, 0.3) is 0 Å². The zero-order chi connectivity index (χ0) is 11.1. The lowest BCUT2D eigenvalue weighted by Crippen LogP contribution is -2.40. The number of unbranched alkanes of at least 4 members (excludes halogenated alkanes) is 1. The Morgan fingerprint density at radius 3 is 2.73 bits per heavy atom. The molecule has 0 aliphatic carbocycles. The third kappa shape index (κ3) is 4.22. The molecule has 1 N–H and O–H groups in total. The second-order valence-corrected chi connectivity index (χ2v) is 3.65. The van der Waals surface area contributed by atoms with Gasteiger partial charge in [-0.25, -0.2) is 4.79 Å². The smallest absolute Gasteiger partial charge is 0.407 e. The summed E-state index contributed by atoms with van der Waals surface area (Å²) in [5.41, 5.74) is 0. The average Bonchev–Trinajstić information content (AvgIpc) is 2.25. The Labute approximate surface area is 90.2 Å². The molecule has 84 valence electrons. The van der Waals surface area contributed by atoms with E-state index >= 15 is 0 Å². The number of hydrogen-bond donors (Lipinski definition) is 1. The molecule has 0 atom stereocenters. The van der Waals surface area contributed by atoms with Crippen molar-refractivity contribution >= 4 is 6.09 Å². The minimum absolute atomic E-state index is 0.207. The van der Waals surface area contributed by atoms with Gasteiger partial charge >= 0.3 is 6.09 Å². The topological polar surface area (TPSA) is 49.8 Å². The zero-order valence-corrected chi connectivity index (χ0v) is 8.82. The Balaban J connectivity index is 2.10. The minimum Gasteiger partial charge on any atom is -0.465 e. The maximum absolute atomic E-state index is 10.6. The summed E-state index contributed by atoms with van der Waals surface area (Å²) in [4.78, 5) is 12.1. The highest BCUT2D eigenvalue weighted by molar-refractivity contribution is 5.64. The Morgan fingerprint density at radius 2 is 2.20 bits per heavy atom. The van der Waals surface area contributed by atoms with E-state index in [2.05, 4.69) is 5.92 Å². The second kappa shape index (κ2) is 6.31. The molecule has 1 rings (SSSR count). The third-order valence-corrected chi connectivity index (χ3v) is 2.53. The van der Waals surface area contributed by atoms with Gasteiger partial charge in [0.25, 0.3) is 0 Å². The van der Waals surface area contributed by atoms with Gasteiger partial charge in [0.2, 0.25) is 0 Å². The van der Waals surface area contributed by atoms with Gasteiger partial charge < -0.3 is 14.7 Å². The first-order valence-electron chi connectivity index (χ1n) is 5.27. The van der Waals surface area contributed by atoms with Crippen molar-refractivity contribution in [3.05, 3.63) is 0 Å². The number of ether oxygens (including phenoxy) is 1. The van der Waals surface area contributed by atoms with E-state index in [-0.39, 0.29) is 6.10 Å². The highest BCUT2D eigenvalue weighted by Gasteiger charge is 2.22. The molecular weight excluding hydrogens is 194 g/mol. The van der Waals surface area contributed by atoms with Crippen molar-refractivity contribution in [3.63, 3.8) is 0 Å². The Morgan fingerprint density at radius 1 is 1.53 bits per heavy atom. The fraction of sp³-hybridized carbons (Fsp3) is 0.727. The van der Waals surface area contributed by atoms with Gasteiger partial charge in [-0.2, -0.15) is 0 Å². The van der Waals surface area contributed by atoms with E-state index in [1.54, 1.807) is 0 Å². The molecule has 4 nitrogen and oxygen atoms in total. The molecule has 0 aromatic rings. The lowest BCUT2D eigenvalue weighted by Gasteiger charge is -2.29. The Kier molecular flexibility index (Phi) is 4.99. The van der Waals surface area contributed by atoms with Gasteiger partial charge in [-0.15, -0.1) is 12.3 Å². The van der Waals surface area contributed by atoms with Crippen molar-refractivity contribution in [3.8, 4) is 12.3 Å². The van der Waals surface area contributed by atoms with Gasteiger partial charge in [0.15, 0.2) is 0 Å². The quantitative estimate of drug-likeness (QED) is 0.567. The summed E-state index contributed by atoms with van der Waals surface area (Å²) < 4.78 is 5.60. The van der Waals surface area contributed by atoms with Crippen LogP contribution in [0.5, 0.6) is 0 Å². The molecule has 1 heterocycles. The van der Waals surface area contributed by atoms with E-state index in [0.717, 1.165) is 25.7 Å². The minimum atomic E-state index is -0.833. The van der Waals surface area contributed by atoms with Crippen molar-refractivity contribution in [1.29, 1.82) is 0 Å². The van der Waals surface area contributed by atoms with Crippen LogP contribution < -0.4 is 0 Å². The molecule has 0 unspecified atom stereocenters.